The minimum atomic E-state index is -1.46. The van der Waals surface area contributed by atoms with Crippen molar-refractivity contribution in [2.45, 2.75) is 25.4 Å². The first kappa shape index (κ1) is 10.9. The van der Waals surface area contributed by atoms with Crippen LogP contribution in [0.25, 0.3) is 0 Å². The molecule has 0 bridgehead atoms. The van der Waals surface area contributed by atoms with Gasteiger partial charge in [-0.1, -0.05) is 0 Å². The molecular formula is C6H10O6. The molecule has 0 aliphatic rings. The zero-order valence-corrected chi connectivity index (χ0v) is 6.41. The van der Waals surface area contributed by atoms with Crippen molar-refractivity contribution in [2.24, 2.45) is 0 Å². The lowest BCUT2D eigenvalue weighted by atomic mass is 10.2. The first-order valence-corrected chi connectivity index (χ1v) is 3.17. The molecule has 0 spiro atoms. The third-order valence-electron chi connectivity index (χ3n) is 1.15. The molecule has 0 aromatic carbocycles. The Morgan fingerprint density at radius 1 is 1.17 bits per heavy atom. The normalized spacial score (nSPS) is 15.0. The van der Waals surface area contributed by atoms with Crippen LogP contribution in [0.4, 0.5) is 0 Å². The van der Waals surface area contributed by atoms with E-state index in [1.54, 1.807) is 0 Å². The van der Waals surface area contributed by atoms with E-state index in [9.17, 15) is 9.59 Å². The molecule has 70 valence electrons. The van der Waals surface area contributed by atoms with Crippen LogP contribution in [0.5, 0.6) is 0 Å². The average molecular weight is 178 g/mol. The summed E-state index contributed by atoms with van der Waals surface area (Å²) in [6, 6.07) is 0. The molecule has 6 nitrogen and oxygen atoms in total. The Labute approximate surface area is 68.7 Å². The quantitative estimate of drug-likeness (QED) is 0.376. The van der Waals surface area contributed by atoms with Crippen LogP contribution in [0, 0.1) is 0 Å². The zero-order valence-electron chi connectivity index (χ0n) is 6.41. The highest BCUT2D eigenvalue weighted by Crippen LogP contribution is 2.03. The summed E-state index contributed by atoms with van der Waals surface area (Å²) in [6.07, 6.45) is -4.06. The maximum Gasteiger partial charge on any atom is 0.296 e. The van der Waals surface area contributed by atoms with E-state index in [1.165, 1.54) is 6.92 Å². The fourth-order valence-electron chi connectivity index (χ4n) is 0.530. The Hall–Kier alpha value is -1.14. The maximum absolute atomic E-state index is 9.81. The van der Waals surface area contributed by atoms with Crippen molar-refractivity contribution in [3.05, 3.63) is 0 Å². The van der Waals surface area contributed by atoms with Crippen molar-refractivity contribution in [1.82, 2.24) is 0 Å². The SMILES string of the molecule is CC(O)C(O)C(OC=O)OC=O. The van der Waals surface area contributed by atoms with E-state index in [0.29, 0.717) is 0 Å². The van der Waals surface area contributed by atoms with Crippen molar-refractivity contribution in [3.63, 3.8) is 0 Å². The largest absolute Gasteiger partial charge is 0.424 e. The van der Waals surface area contributed by atoms with Gasteiger partial charge in [-0.2, -0.15) is 0 Å². The summed E-state index contributed by atoms with van der Waals surface area (Å²) in [6.45, 7) is 1.29. The summed E-state index contributed by atoms with van der Waals surface area (Å²) in [5, 5.41) is 17.8. The molecule has 2 atom stereocenters. The van der Waals surface area contributed by atoms with Crippen molar-refractivity contribution in [1.29, 1.82) is 0 Å². The van der Waals surface area contributed by atoms with Crippen molar-refractivity contribution in [3.8, 4) is 0 Å². The highest BCUT2D eigenvalue weighted by atomic mass is 16.7. The topological polar surface area (TPSA) is 93.1 Å². The number of carbonyl (C=O) groups is 2. The predicted octanol–water partition coefficient (Wildman–Crippen LogP) is -1.60. The summed E-state index contributed by atoms with van der Waals surface area (Å²) >= 11 is 0. The molecule has 0 saturated carbocycles. The van der Waals surface area contributed by atoms with Crippen molar-refractivity contribution in [2.75, 3.05) is 0 Å². The molecule has 0 heterocycles. The minimum absolute atomic E-state index is 0.0137. The molecule has 0 radical (unpaired) electrons. The Morgan fingerprint density at radius 2 is 1.58 bits per heavy atom. The van der Waals surface area contributed by atoms with Crippen LogP contribution in [-0.2, 0) is 19.1 Å². The Bertz CT molecular complexity index is 135. The van der Waals surface area contributed by atoms with Gasteiger partial charge in [0.1, 0.15) is 0 Å². The van der Waals surface area contributed by atoms with E-state index < -0.39 is 18.5 Å². The van der Waals surface area contributed by atoms with Crippen LogP contribution in [-0.4, -0.2) is 41.7 Å². The number of aliphatic hydroxyl groups excluding tert-OH is 2. The highest BCUT2D eigenvalue weighted by Gasteiger charge is 2.25. The van der Waals surface area contributed by atoms with Crippen LogP contribution >= 0.6 is 0 Å². The molecule has 0 fully saturated rings. The molecule has 0 aliphatic carbocycles. The monoisotopic (exact) mass is 178 g/mol. The molecule has 0 rings (SSSR count). The molecule has 0 aliphatic heterocycles. The number of rotatable bonds is 6. The lowest BCUT2D eigenvalue weighted by molar-refractivity contribution is -0.199. The van der Waals surface area contributed by atoms with Gasteiger partial charge in [-0.15, -0.1) is 0 Å². The lowest BCUT2D eigenvalue weighted by Crippen LogP contribution is -2.39. The summed E-state index contributed by atoms with van der Waals surface area (Å²) in [5.41, 5.74) is 0. The van der Waals surface area contributed by atoms with Gasteiger partial charge in [0.05, 0.1) is 6.10 Å². The van der Waals surface area contributed by atoms with Crippen LogP contribution in [0.1, 0.15) is 6.92 Å². The first-order valence-electron chi connectivity index (χ1n) is 3.17. The summed E-state index contributed by atoms with van der Waals surface area (Å²) in [7, 11) is 0. The third kappa shape index (κ3) is 3.31. The molecule has 0 aromatic rings. The fourth-order valence-corrected chi connectivity index (χ4v) is 0.530. The minimum Gasteiger partial charge on any atom is -0.424 e. The number of aliphatic hydroxyl groups is 2. The Morgan fingerprint density at radius 3 is 1.83 bits per heavy atom. The van der Waals surface area contributed by atoms with Crippen LogP contribution in [0.2, 0.25) is 0 Å². The van der Waals surface area contributed by atoms with Gasteiger partial charge < -0.3 is 19.7 Å². The van der Waals surface area contributed by atoms with Gasteiger partial charge in [0, 0.05) is 0 Å². The van der Waals surface area contributed by atoms with Gasteiger partial charge in [0.2, 0.25) is 0 Å². The third-order valence-corrected chi connectivity index (χ3v) is 1.15. The standard InChI is InChI=1S/C6H10O6/c1-4(9)5(10)6(11-2-7)12-3-8/h2-6,9-10H,1H3. The summed E-state index contributed by atoms with van der Waals surface area (Å²) < 4.78 is 8.32. The number of hydrogen-bond donors (Lipinski definition) is 2. The molecule has 0 saturated heterocycles. The van der Waals surface area contributed by atoms with Crippen LogP contribution in [0.15, 0.2) is 0 Å². The second kappa shape index (κ2) is 5.50. The smallest absolute Gasteiger partial charge is 0.296 e. The maximum atomic E-state index is 9.81. The molecule has 0 amide bonds. The van der Waals surface area contributed by atoms with Gasteiger partial charge in [-0.05, 0) is 6.92 Å². The zero-order chi connectivity index (χ0) is 9.56. The van der Waals surface area contributed by atoms with Crippen molar-refractivity contribution < 1.29 is 29.3 Å². The van der Waals surface area contributed by atoms with E-state index in [4.69, 9.17) is 10.2 Å². The molecule has 2 unspecified atom stereocenters. The number of carbonyl (C=O) groups excluding carboxylic acids is 2. The number of hydrogen-bond acceptors (Lipinski definition) is 6. The second-order valence-electron chi connectivity index (χ2n) is 2.06. The average Bonchev–Trinajstić information content (AvgIpc) is 2.03. The van der Waals surface area contributed by atoms with E-state index >= 15 is 0 Å². The molecule has 6 heteroatoms. The fraction of sp³-hybridized carbons (Fsp3) is 0.667. The summed E-state index contributed by atoms with van der Waals surface area (Å²) in [4.78, 5) is 19.6. The lowest BCUT2D eigenvalue weighted by Gasteiger charge is -2.20. The predicted molar refractivity (Wildman–Crippen MR) is 35.8 cm³/mol. The number of ether oxygens (including phenoxy) is 2. The van der Waals surface area contributed by atoms with Gasteiger partial charge in [-0.3, -0.25) is 9.59 Å². The van der Waals surface area contributed by atoms with Crippen LogP contribution in [0.3, 0.4) is 0 Å². The molecular weight excluding hydrogens is 168 g/mol. The Kier molecular flexibility index (Phi) is 4.98. The van der Waals surface area contributed by atoms with E-state index in [1.807, 2.05) is 0 Å². The van der Waals surface area contributed by atoms with E-state index in [0.717, 1.165) is 0 Å². The van der Waals surface area contributed by atoms with Gasteiger partial charge in [-0.25, -0.2) is 0 Å². The Balaban J connectivity index is 4.06. The van der Waals surface area contributed by atoms with Crippen molar-refractivity contribution >= 4 is 12.9 Å². The second-order valence-corrected chi connectivity index (χ2v) is 2.06. The molecule has 0 aromatic heterocycles. The van der Waals surface area contributed by atoms with Gasteiger partial charge in [0.25, 0.3) is 19.2 Å². The van der Waals surface area contributed by atoms with Gasteiger partial charge in [0.15, 0.2) is 6.10 Å². The summed E-state index contributed by atoms with van der Waals surface area (Å²) in [5.74, 6) is 0. The highest BCUT2D eigenvalue weighted by molar-refractivity contribution is 5.40. The first-order chi connectivity index (χ1) is 5.63. The molecule has 12 heavy (non-hydrogen) atoms. The van der Waals surface area contributed by atoms with Gasteiger partial charge >= 0.3 is 0 Å². The molecule has 2 N–H and O–H groups in total. The van der Waals surface area contributed by atoms with E-state index in [2.05, 4.69) is 9.47 Å². The van der Waals surface area contributed by atoms with Crippen LogP contribution < -0.4 is 0 Å². The van der Waals surface area contributed by atoms with E-state index in [-0.39, 0.29) is 12.9 Å².